The number of nitrogens with zero attached hydrogens (tertiary/aromatic N) is 1. The van der Waals surface area contributed by atoms with Crippen molar-refractivity contribution in [3.05, 3.63) is 37.4 Å². The van der Waals surface area contributed by atoms with Gasteiger partial charge in [-0.2, -0.15) is 0 Å². The average Bonchev–Trinajstić information content (AvgIpc) is 3.27. The van der Waals surface area contributed by atoms with Gasteiger partial charge in [0.2, 0.25) is 0 Å². The van der Waals surface area contributed by atoms with Gasteiger partial charge in [-0.15, -0.1) is 0 Å². The van der Waals surface area contributed by atoms with Gasteiger partial charge in [0.05, 0.1) is 8.07 Å². The van der Waals surface area contributed by atoms with Gasteiger partial charge in [0.1, 0.15) is 0 Å². The first-order valence-electron chi connectivity index (χ1n) is 6.36. The zero-order chi connectivity index (χ0) is 19.1. The van der Waals surface area contributed by atoms with E-state index in [0.717, 1.165) is 0 Å². The van der Waals surface area contributed by atoms with Crippen molar-refractivity contribution in [1.29, 1.82) is 0 Å². The molecule has 0 aromatic rings. The Balaban J connectivity index is -0.000000105. The molecular formula is C15H24FeNO4PSi. The molecule has 1 aliphatic heterocycles. The molecule has 0 saturated heterocycles. The molecule has 1 rings (SSSR count). The molecule has 0 spiro atoms. The van der Waals surface area contributed by atoms with Gasteiger partial charge in [0, 0.05) is 37.2 Å². The van der Waals surface area contributed by atoms with Gasteiger partial charge in [0.15, 0.2) is 0 Å². The fraction of sp³-hybridized carbons (Fsp3) is 0.600. The summed E-state index contributed by atoms with van der Waals surface area (Å²) in [5, 5.41) is 0. The van der Waals surface area contributed by atoms with Crippen LogP contribution in [-0.4, -0.2) is 24.8 Å². The van der Waals surface area contributed by atoms with Crippen molar-refractivity contribution in [1.82, 2.24) is 4.67 Å². The van der Waals surface area contributed by atoms with Gasteiger partial charge in [-0.25, -0.2) is 0 Å². The van der Waals surface area contributed by atoms with Crippen LogP contribution in [-0.2, 0) is 35.7 Å². The minimum Gasteiger partial charge on any atom is 0 e. The Morgan fingerprint density at radius 3 is 1.22 bits per heavy atom. The first-order chi connectivity index (χ1) is 10.2. The molecule has 0 amide bonds. The topological polar surface area (TPSA) is 82.8 Å². The molecule has 0 aliphatic carbocycles. The predicted octanol–water partition coefficient (Wildman–Crippen LogP) is 4.08. The van der Waals surface area contributed by atoms with E-state index in [1.165, 1.54) is 0 Å². The number of hydrogen-bond acceptors (Lipinski definition) is 1. The van der Waals surface area contributed by atoms with E-state index in [-0.39, 0.29) is 25.1 Å². The second kappa shape index (κ2) is 19.9. The molecule has 8 heteroatoms. The van der Waals surface area contributed by atoms with Crippen LogP contribution in [0.15, 0.2) is 10.8 Å². The maximum absolute atomic E-state index is 7.50. The molecule has 0 N–H and O–H groups in total. The zero-order valence-corrected chi connectivity index (χ0v) is 17.6. The minimum absolute atomic E-state index is 0. The summed E-state index contributed by atoms with van der Waals surface area (Å²) in [5.74, 6) is 2.54. The Morgan fingerprint density at radius 1 is 0.826 bits per heavy atom. The summed E-state index contributed by atoms with van der Waals surface area (Å²) < 4.78 is 32.7. The van der Waals surface area contributed by atoms with E-state index in [9.17, 15) is 0 Å². The summed E-state index contributed by atoms with van der Waals surface area (Å²) in [7, 11) is -0.950. The molecule has 0 unspecified atom stereocenters. The molecule has 23 heavy (non-hydrogen) atoms. The van der Waals surface area contributed by atoms with Crippen LogP contribution in [0.25, 0.3) is 0 Å². The standard InChI is InChI=1S/C11H24NPSi.4CO.Fe/c1-9(2)12(10(3)4)13-8-11(13)14(5,6)7;4*1-2;/h8-10H,1-7H3;;;;;/t13-;;;;;/m1...../s1. The minimum atomic E-state index is -0.993. The molecule has 1 atom stereocenters. The molecule has 130 valence electrons. The Labute approximate surface area is 153 Å². The molecule has 1 aliphatic rings. The largest absolute Gasteiger partial charge is 0 e. The second-order valence-electron chi connectivity index (χ2n) is 5.68. The monoisotopic (exact) mass is 397 g/mol. The SMILES string of the molecule is CC(C)N(C(C)C)[P@]1C=C1[Si](C)(C)C.[C-]#[O+].[C-]#[O+].[C-]#[O+].[C-]#[O+].[Fe]. The van der Waals surface area contributed by atoms with Gasteiger partial charge in [0.25, 0.3) is 0 Å². The summed E-state index contributed by atoms with van der Waals surface area (Å²) in [6.45, 7) is 34.6. The van der Waals surface area contributed by atoms with Crippen LogP contribution in [0.5, 0.6) is 0 Å². The van der Waals surface area contributed by atoms with Crippen LogP contribution in [0.2, 0.25) is 19.6 Å². The smallest absolute Gasteiger partial charge is 0 e. The van der Waals surface area contributed by atoms with Gasteiger partial charge in [-0.05, 0) is 38.4 Å². The summed E-state index contributed by atoms with van der Waals surface area (Å²) in [5.41, 5.74) is 0. The van der Waals surface area contributed by atoms with E-state index in [1.54, 1.807) is 0 Å². The molecular weight excluding hydrogens is 373 g/mol. The van der Waals surface area contributed by atoms with Crippen LogP contribution in [0, 0.1) is 26.6 Å². The van der Waals surface area contributed by atoms with Crippen LogP contribution < -0.4 is 0 Å². The van der Waals surface area contributed by atoms with E-state index in [0.29, 0.717) is 12.1 Å². The Morgan fingerprint density at radius 2 is 1.09 bits per heavy atom. The second-order valence-corrected chi connectivity index (χ2v) is 13.0. The molecule has 5 nitrogen and oxygen atoms in total. The van der Waals surface area contributed by atoms with Crippen LogP contribution in [0.4, 0.5) is 0 Å². The van der Waals surface area contributed by atoms with E-state index >= 15 is 0 Å². The fourth-order valence-corrected chi connectivity index (χ4v) is 8.63. The Kier molecular flexibility index (Phi) is 29.6. The van der Waals surface area contributed by atoms with Crippen molar-refractivity contribution in [2.45, 2.75) is 59.4 Å². The first kappa shape index (κ1) is 34.2. The van der Waals surface area contributed by atoms with Crippen molar-refractivity contribution in [2.24, 2.45) is 0 Å². The van der Waals surface area contributed by atoms with Gasteiger partial charge in [-0.3, -0.25) is 4.67 Å². The molecule has 0 radical (unpaired) electrons. The summed E-state index contributed by atoms with van der Waals surface area (Å²) >= 11 is 0. The molecule has 0 bridgehead atoms. The van der Waals surface area contributed by atoms with Crippen molar-refractivity contribution in [3.63, 3.8) is 0 Å². The normalized spacial score (nSPS) is 13.8. The molecule has 0 fully saturated rings. The Hall–Kier alpha value is -0.174. The van der Waals surface area contributed by atoms with Gasteiger partial charge >= 0.3 is 45.2 Å². The Bertz CT molecular complexity index is 366. The van der Waals surface area contributed by atoms with Crippen LogP contribution >= 0.6 is 8.07 Å². The maximum Gasteiger partial charge on any atom is 0 e. The van der Waals surface area contributed by atoms with Crippen molar-refractivity contribution in [3.8, 4) is 0 Å². The predicted molar refractivity (Wildman–Crippen MR) is 86.2 cm³/mol. The number of rotatable bonds is 4. The molecule has 1 heterocycles. The van der Waals surface area contributed by atoms with Crippen molar-refractivity contribution < 1.29 is 35.7 Å². The quantitative estimate of drug-likeness (QED) is 0.305. The third kappa shape index (κ3) is 15.1. The maximum atomic E-state index is 7.50. The fourth-order valence-electron chi connectivity index (χ4n) is 1.91. The van der Waals surface area contributed by atoms with Crippen molar-refractivity contribution in [2.75, 3.05) is 0 Å². The van der Waals surface area contributed by atoms with Crippen molar-refractivity contribution >= 4 is 16.1 Å². The summed E-state index contributed by atoms with van der Waals surface area (Å²) in [6, 6.07) is 1.37. The number of hydrogen-bond donors (Lipinski definition) is 0. The van der Waals surface area contributed by atoms with E-state index in [1.807, 2.05) is 4.94 Å². The third-order valence-corrected chi connectivity index (χ3v) is 9.39. The van der Waals surface area contributed by atoms with E-state index < -0.39 is 8.07 Å². The van der Waals surface area contributed by atoms with E-state index in [4.69, 9.17) is 18.6 Å². The first-order valence-corrected chi connectivity index (χ1v) is 11.2. The summed E-state index contributed by atoms with van der Waals surface area (Å²) in [4.78, 5) is 1.81. The zero-order valence-electron chi connectivity index (χ0n) is 14.6. The van der Waals surface area contributed by atoms with Crippen LogP contribution in [0.3, 0.4) is 0 Å². The van der Waals surface area contributed by atoms with Crippen LogP contribution in [0.1, 0.15) is 27.7 Å². The molecule has 0 aromatic heterocycles. The third-order valence-electron chi connectivity index (χ3n) is 2.50. The molecule has 0 aromatic carbocycles. The van der Waals surface area contributed by atoms with Gasteiger partial charge in [-0.1, -0.05) is 19.6 Å². The average molecular weight is 397 g/mol. The molecule has 0 saturated carbocycles. The summed E-state index contributed by atoms with van der Waals surface area (Å²) in [6.07, 6.45) is 0. The van der Waals surface area contributed by atoms with Gasteiger partial charge < -0.3 is 0 Å². The van der Waals surface area contributed by atoms with E-state index in [2.05, 4.69) is 84.4 Å².